The first kappa shape index (κ1) is 14.4. The molecule has 17 heavy (non-hydrogen) atoms. The second-order valence-electron chi connectivity index (χ2n) is 5.11. The van der Waals surface area contributed by atoms with Gasteiger partial charge in [-0.1, -0.05) is 26.7 Å². The molecule has 0 bridgehead atoms. The molecule has 1 saturated carbocycles. The number of nitrogens with one attached hydrogen (secondary N) is 1. The van der Waals surface area contributed by atoms with Crippen LogP contribution in [0.15, 0.2) is 0 Å². The predicted octanol–water partition coefficient (Wildman–Crippen LogP) is 0.750. The topological polar surface area (TPSA) is 89.3 Å². The van der Waals surface area contributed by atoms with Gasteiger partial charge in [-0.25, -0.2) is 8.42 Å². The van der Waals surface area contributed by atoms with Gasteiger partial charge in [0.05, 0.1) is 11.3 Å². The Balaban J connectivity index is 2.69. The highest BCUT2D eigenvalue weighted by molar-refractivity contribution is 7.90. The normalized spacial score (nSPS) is 29.9. The van der Waals surface area contributed by atoms with Crippen molar-refractivity contribution in [1.82, 2.24) is 4.72 Å². The number of hydrogen-bond acceptors (Lipinski definition) is 4. The molecule has 1 aliphatic carbocycles. The van der Waals surface area contributed by atoms with Crippen LogP contribution in [0.2, 0.25) is 0 Å². The van der Waals surface area contributed by atoms with Crippen LogP contribution in [0.1, 0.15) is 46.0 Å². The molecule has 100 valence electrons. The minimum absolute atomic E-state index is 0.0373. The summed E-state index contributed by atoms with van der Waals surface area (Å²) in [4.78, 5) is 11.9. The Bertz CT molecular complexity index is 380. The maximum Gasteiger partial charge on any atom is 0.253 e. The Hall–Kier alpha value is -0.620. The Labute approximate surface area is 103 Å². The van der Waals surface area contributed by atoms with Gasteiger partial charge in [-0.05, 0) is 25.2 Å². The van der Waals surface area contributed by atoms with Crippen LogP contribution in [0.4, 0.5) is 0 Å². The lowest BCUT2D eigenvalue weighted by molar-refractivity contribution is -0.126. The van der Waals surface area contributed by atoms with E-state index in [1.807, 2.05) is 6.92 Å². The lowest BCUT2D eigenvalue weighted by Gasteiger charge is -2.35. The van der Waals surface area contributed by atoms with Gasteiger partial charge in [0.1, 0.15) is 0 Å². The van der Waals surface area contributed by atoms with E-state index in [0.29, 0.717) is 25.2 Å². The van der Waals surface area contributed by atoms with Crippen molar-refractivity contribution in [2.24, 2.45) is 11.7 Å². The van der Waals surface area contributed by atoms with Crippen LogP contribution in [-0.2, 0) is 14.8 Å². The third kappa shape index (κ3) is 3.96. The maximum absolute atomic E-state index is 11.9. The first-order valence-corrected chi connectivity index (χ1v) is 7.78. The molecule has 1 aliphatic rings. The Morgan fingerprint density at radius 1 is 1.53 bits per heavy atom. The minimum Gasteiger partial charge on any atom is -0.317 e. The number of sulfonamides is 1. The Kier molecular flexibility index (Phi) is 4.55. The fourth-order valence-electron chi connectivity index (χ4n) is 2.36. The molecule has 0 aromatic rings. The third-order valence-corrected chi connectivity index (χ3v) is 4.65. The van der Waals surface area contributed by atoms with Crippen LogP contribution >= 0.6 is 0 Å². The highest BCUT2D eigenvalue weighted by Gasteiger charge is 2.39. The molecule has 2 atom stereocenters. The quantitative estimate of drug-likeness (QED) is 0.782. The summed E-state index contributed by atoms with van der Waals surface area (Å²) in [5.74, 6) is -0.212. The summed E-state index contributed by atoms with van der Waals surface area (Å²) in [6, 6.07) is 0. The molecule has 6 heteroatoms. The van der Waals surface area contributed by atoms with Crippen molar-refractivity contribution < 1.29 is 13.2 Å². The maximum atomic E-state index is 11.9. The molecule has 3 N–H and O–H groups in total. The molecule has 1 amide bonds. The van der Waals surface area contributed by atoms with E-state index in [4.69, 9.17) is 5.73 Å². The van der Waals surface area contributed by atoms with Crippen LogP contribution in [0.25, 0.3) is 0 Å². The van der Waals surface area contributed by atoms with Crippen molar-refractivity contribution in [3.63, 3.8) is 0 Å². The first-order valence-electron chi connectivity index (χ1n) is 6.13. The van der Waals surface area contributed by atoms with Crippen LogP contribution in [0.3, 0.4) is 0 Å². The van der Waals surface area contributed by atoms with Crippen LogP contribution in [0.5, 0.6) is 0 Å². The molecule has 0 heterocycles. The number of carbonyl (C=O) groups is 1. The molecule has 0 aliphatic heterocycles. The molecule has 0 saturated heterocycles. The monoisotopic (exact) mass is 262 g/mol. The molecular weight excluding hydrogens is 240 g/mol. The molecule has 0 radical (unpaired) electrons. The summed E-state index contributed by atoms with van der Waals surface area (Å²) in [7, 11) is -3.52. The van der Waals surface area contributed by atoms with E-state index in [9.17, 15) is 13.2 Å². The van der Waals surface area contributed by atoms with Crippen LogP contribution < -0.4 is 10.5 Å². The fourth-order valence-corrected chi connectivity index (χ4v) is 3.49. The average Bonchev–Trinajstić information content (AvgIpc) is 2.15. The van der Waals surface area contributed by atoms with E-state index in [0.717, 1.165) is 12.8 Å². The van der Waals surface area contributed by atoms with Crippen molar-refractivity contribution in [3.05, 3.63) is 0 Å². The predicted molar refractivity (Wildman–Crippen MR) is 66.8 cm³/mol. The second kappa shape index (κ2) is 5.35. The minimum atomic E-state index is -3.52. The van der Waals surface area contributed by atoms with Crippen LogP contribution in [0, 0.1) is 5.92 Å². The smallest absolute Gasteiger partial charge is 0.253 e. The Morgan fingerprint density at radius 3 is 2.71 bits per heavy atom. The van der Waals surface area contributed by atoms with E-state index in [2.05, 4.69) is 4.72 Å². The molecule has 2 unspecified atom stereocenters. The standard InChI is InChI=1S/C11H22N2O3S/c1-3-7-17(15,16)13-10(14)11(12)6-4-5-9(2)8-11/h9H,3-8,12H2,1-2H3,(H,13,14). The number of hydrogen-bond donors (Lipinski definition) is 2. The van der Waals surface area contributed by atoms with E-state index >= 15 is 0 Å². The van der Waals surface area contributed by atoms with Crippen molar-refractivity contribution in [3.8, 4) is 0 Å². The summed E-state index contributed by atoms with van der Waals surface area (Å²) in [5.41, 5.74) is 5.00. The molecule has 1 rings (SSSR count). The number of nitrogens with two attached hydrogens (primary N) is 1. The van der Waals surface area contributed by atoms with Gasteiger partial charge in [-0.2, -0.15) is 0 Å². The number of rotatable bonds is 4. The molecule has 0 spiro atoms. The van der Waals surface area contributed by atoms with Gasteiger partial charge in [0.2, 0.25) is 10.0 Å². The molecule has 1 fully saturated rings. The van der Waals surface area contributed by atoms with Crippen molar-refractivity contribution in [1.29, 1.82) is 0 Å². The molecule has 0 aromatic carbocycles. The van der Waals surface area contributed by atoms with Gasteiger partial charge < -0.3 is 5.73 Å². The van der Waals surface area contributed by atoms with Crippen molar-refractivity contribution in [2.75, 3.05) is 5.75 Å². The first-order chi connectivity index (χ1) is 7.79. The third-order valence-electron chi connectivity index (χ3n) is 3.21. The molecule has 5 nitrogen and oxygen atoms in total. The number of amides is 1. The zero-order chi connectivity index (χ0) is 13.1. The SMILES string of the molecule is CCCS(=O)(=O)NC(=O)C1(N)CCCC(C)C1. The zero-order valence-electron chi connectivity index (χ0n) is 10.5. The van der Waals surface area contributed by atoms with Gasteiger partial charge in [0.25, 0.3) is 5.91 Å². The Morgan fingerprint density at radius 2 is 2.18 bits per heavy atom. The highest BCUT2D eigenvalue weighted by atomic mass is 32.2. The highest BCUT2D eigenvalue weighted by Crippen LogP contribution is 2.30. The lowest BCUT2D eigenvalue weighted by atomic mass is 9.77. The van der Waals surface area contributed by atoms with Gasteiger partial charge in [-0.3, -0.25) is 9.52 Å². The number of carbonyl (C=O) groups excluding carboxylic acids is 1. The summed E-state index contributed by atoms with van der Waals surface area (Å²) in [6.07, 6.45) is 3.52. The fraction of sp³-hybridized carbons (Fsp3) is 0.909. The second-order valence-corrected chi connectivity index (χ2v) is 6.95. The van der Waals surface area contributed by atoms with Gasteiger partial charge in [0, 0.05) is 0 Å². The van der Waals surface area contributed by atoms with Gasteiger partial charge in [0.15, 0.2) is 0 Å². The van der Waals surface area contributed by atoms with Gasteiger partial charge >= 0.3 is 0 Å². The van der Waals surface area contributed by atoms with Crippen molar-refractivity contribution >= 4 is 15.9 Å². The summed E-state index contributed by atoms with van der Waals surface area (Å²) >= 11 is 0. The summed E-state index contributed by atoms with van der Waals surface area (Å²) in [6.45, 7) is 3.79. The van der Waals surface area contributed by atoms with E-state index in [1.54, 1.807) is 6.92 Å². The van der Waals surface area contributed by atoms with E-state index in [-0.39, 0.29) is 5.75 Å². The average molecular weight is 262 g/mol. The van der Waals surface area contributed by atoms with E-state index in [1.165, 1.54) is 0 Å². The summed E-state index contributed by atoms with van der Waals surface area (Å²) in [5, 5.41) is 0. The van der Waals surface area contributed by atoms with Crippen molar-refractivity contribution in [2.45, 2.75) is 51.5 Å². The molecular formula is C11H22N2O3S. The van der Waals surface area contributed by atoms with Gasteiger partial charge in [-0.15, -0.1) is 0 Å². The lowest BCUT2D eigenvalue weighted by Crippen LogP contribution is -2.57. The largest absolute Gasteiger partial charge is 0.317 e. The summed E-state index contributed by atoms with van der Waals surface area (Å²) < 4.78 is 25.1. The molecule has 0 aromatic heterocycles. The van der Waals surface area contributed by atoms with E-state index < -0.39 is 21.5 Å². The van der Waals surface area contributed by atoms with Crippen LogP contribution in [-0.4, -0.2) is 25.6 Å². The zero-order valence-corrected chi connectivity index (χ0v) is 11.3.